The maximum atomic E-state index is 11.6. The Morgan fingerprint density at radius 1 is 0.894 bits per heavy atom. The highest BCUT2D eigenvalue weighted by Gasteiger charge is 2.70. The number of rotatable bonds is 7. The molecule has 7 rings (SSSR count). The lowest BCUT2D eigenvalue weighted by atomic mass is 9.33. The summed E-state index contributed by atoms with van der Waals surface area (Å²) in [5, 5.41) is 13.9. The Labute approximate surface area is 286 Å². The highest BCUT2D eigenvalue weighted by Crippen LogP contribution is 2.76. The maximum absolute atomic E-state index is 11.6. The lowest BCUT2D eigenvalue weighted by Crippen LogP contribution is -2.68. The molecule has 0 amide bonds. The molecule has 1 saturated heterocycles. The smallest absolute Gasteiger partial charge is 0.331 e. The van der Waals surface area contributed by atoms with Crippen molar-refractivity contribution < 1.29 is 14.6 Å². The second-order valence-electron chi connectivity index (χ2n) is 18.8. The number of aliphatic carboxylic acids is 1. The van der Waals surface area contributed by atoms with Crippen molar-refractivity contribution in [3.05, 3.63) is 47.1 Å². The Kier molecular flexibility index (Phi) is 8.63. The van der Waals surface area contributed by atoms with Gasteiger partial charge in [0.15, 0.2) is 0 Å². The molecular weight excluding hydrogens is 578 g/mol. The molecule has 2 N–H and O–H groups in total. The van der Waals surface area contributed by atoms with Crippen molar-refractivity contribution in [2.24, 2.45) is 57.2 Å². The fourth-order valence-electron chi connectivity index (χ4n) is 14.2. The number of carboxylic acid groups (broad SMARTS) is 1. The number of ether oxygens (including phenoxy) is 1. The molecule has 4 nitrogen and oxygen atoms in total. The number of hydrogen-bond acceptors (Lipinski definition) is 3. The predicted molar refractivity (Wildman–Crippen MR) is 192 cm³/mol. The highest BCUT2D eigenvalue weighted by molar-refractivity contribution is 5.87. The van der Waals surface area contributed by atoms with Gasteiger partial charge in [-0.3, -0.25) is 0 Å². The molecule has 0 aromatic rings. The number of allylic oxidation sites excluding steroid dienone is 6. The van der Waals surface area contributed by atoms with E-state index in [1.54, 1.807) is 0 Å². The van der Waals surface area contributed by atoms with Crippen LogP contribution in [0.1, 0.15) is 131 Å². The highest BCUT2D eigenvalue weighted by atomic mass is 16.5. The van der Waals surface area contributed by atoms with Crippen molar-refractivity contribution in [3.8, 4) is 0 Å². The van der Waals surface area contributed by atoms with Gasteiger partial charge in [-0.25, -0.2) is 4.79 Å². The second kappa shape index (κ2) is 12.0. The first-order valence-corrected chi connectivity index (χ1v) is 19.6. The average Bonchev–Trinajstić information content (AvgIpc) is 3.42. The van der Waals surface area contributed by atoms with Crippen LogP contribution in [0.5, 0.6) is 0 Å². The van der Waals surface area contributed by atoms with Gasteiger partial charge in [-0.05, 0) is 172 Å². The van der Waals surface area contributed by atoms with Crippen LogP contribution in [0.4, 0.5) is 0 Å². The molecule has 0 spiro atoms. The van der Waals surface area contributed by atoms with Gasteiger partial charge in [-0.2, -0.15) is 0 Å². The average molecular weight is 644 g/mol. The number of carbonyl (C=O) groups is 1. The van der Waals surface area contributed by atoms with Crippen molar-refractivity contribution >= 4 is 5.97 Å². The first-order valence-electron chi connectivity index (χ1n) is 19.6. The molecule has 4 saturated carbocycles. The van der Waals surface area contributed by atoms with Crippen molar-refractivity contribution in [2.45, 2.75) is 137 Å². The third-order valence-corrected chi connectivity index (χ3v) is 16.8. The molecule has 6 aliphatic carbocycles. The fourth-order valence-corrected chi connectivity index (χ4v) is 14.2. The van der Waals surface area contributed by atoms with E-state index in [4.69, 9.17) is 4.74 Å². The normalized spacial score (nSPS) is 44.6. The van der Waals surface area contributed by atoms with Crippen LogP contribution < -0.4 is 5.32 Å². The van der Waals surface area contributed by atoms with E-state index in [2.05, 4.69) is 65.6 Å². The zero-order chi connectivity index (χ0) is 33.4. The van der Waals surface area contributed by atoms with E-state index in [1.165, 1.54) is 100 Å². The standard InChI is InChI=1S/C43H65NO3/c1-28(2)32-14-22-43(44-25-17-29-18-26-47-27-19-29)24-23-41(6)34(37(32)43)12-13-36-40(5)20-15-33(30-8-10-31(11-9-30)38(45)46)39(3,4)35(40)16-21-42(36,41)7/h8,11,15,29,32,34-37,44H,1,9-10,12-14,16-27H2,2-7H3,(H,45,46)/t32-,34+,35?,36?,37?,40-,41+,42+,43-/m0/s1. The summed E-state index contributed by atoms with van der Waals surface area (Å²) in [5.41, 5.74) is 6.26. The van der Waals surface area contributed by atoms with Crippen molar-refractivity contribution in [1.29, 1.82) is 0 Å². The SMILES string of the molecule is C=C(C)[C@@H]1CC[C@]2(NCCC3CCOCC3)CC[C@]3(C)[C@H](CCC4[C@@]5(C)CC=C(C6=CCC(C(=O)O)=CC6)C(C)(C)C5CC[C@]43C)C12. The summed E-state index contributed by atoms with van der Waals surface area (Å²) in [4.78, 5) is 11.6. The molecule has 3 unspecified atom stereocenters. The minimum absolute atomic E-state index is 0.0963. The third-order valence-electron chi connectivity index (χ3n) is 16.8. The molecular formula is C43H65NO3. The Morgan fingerprint density at radius 3 is 2.34 bits per heavy atom. The minimum Gasteiger partial charge on any atom is -0.478 e. The monoisotopic (exact) mass is 643 g/mol. The van der Waals surface area contributed by atoms with E-state index in [9.17, 15) is 9.90 Å². The summed E-state index contributed by atoms with van der Waals surface area (Å²) in [6.07, 6.45) is 23.8. The number of nitrogens with one attached hydrogen (secondary N) is 1. The number of hydrogen-bond donors (Lipinski definition) is 2. The lowest BCUT2D eigenvalue weighted by Gasteiger charge is -2.72. The third kappa shape index (κ3) is 5.14. The number of carboxylic acids is 1. The molecule has 9 atom stereocenters. The minimum atomic E-state index is -0.765. The Balaban J connectivity index is 1.15. The molecule has 4 heteroatoms. The molecule has 5 fully saturated rings. The fraction of sp³-hybridized carbons (Fsp3) is 0.791. The summed E-state index contributed by atoms with van der Waals surface area (Å²) in [7, 11) is 0. The summed E-state index contributed by atoms with van der Waals surface area (Å²) >= 11 is 0. The van der Waals surface area contributed by atoms with E-state index in [-0.39, 0.29) is 11.0 Å². The molecule has 0 aromatic carbocycles. The molecule has 1 aliphatic heterocycles. The van der Waals surface area contributed by atoms with Crippen LogP contribution in [-0.4, -0.2) is 36.4 Å². The maximum Gasteiger partial charge on any atom is 0.331 e. The van der Waals surface area contributed by atoms with E-state index >= 15 is 0 Å². The van der Waals surface area contributed by atoms with Crippen LogP contribution in [0.25, 0.3) is 0 Å². The zero-order valence-electron chi connectivity index (χ0n) is 30.7. The van der Waals surface area contributed by atoms with E-state index < -0.39 is 5.97 Å². The van der Waals surface area contributed by atoms with Crippen LogP contribution in [0.15, 0.2) is 47.1 Å². The quantitative estimate of drug-likeness (QED) is 0.271. The van der Waals surface area contributed by atoms with Gasteiger partial charge in [0.05, 0.1) is 0 Å². The topological polar surface area (TPSA) is 58.6 Å². The largest absolute Gasteiger partial charge is 0.478 e. The van der Waals surface area contributed by atoms with E-state index in [0.29, 0.717) is 46.0 Å². The molecule has 1 heterocycles. The van der Waals surface area contributed by atoms with Crippen LogP contribution in [0.3, 0.4) is 0 Å². The lowest BCUT2D eigenvalue weighted by molar-refractivity contribution is -0.221. The second-order valence-corrected chi connectivity index (χ2v) is 18.8. The van der Waals surface area contributed by atoms with Gasteiger partial charge in [0, 0.05) is 24.3 Å². The van der Waals surface area contributed by atoms with Crippen molar-refractivity contribution in [2.75, 3.05) is 19.8 Å². The van der Waals surface area contributed by atoms with Crippen molar-refractivity contribution in [3.63, 3.8) is 0 Å². The van der Waals surface area contributed by atoms with Gasteiger partial charge >= 0.3 is 5.97 Å². The Bertz CT molecular complexity index is 1360. The van der Waals surface area contributed by atoms with Crippen LogP contribution in [0, 0.1) is 57.2 Å². The first-order chi connectivity index (χ1) is 22.3. The van der Waals surface area contributed by atoms with Crippen LogP contribution >= 0.6 is 0 Å². The first kappa shape index (κ1) is 33.8. The molecule has 260 valence electrons. The Hall–Kier alpha value is -1.65. The van der Waals surface area contributed by atoms with Crippen LogP contribution in [0.2, 0.25) is 0 Å². The summed E-state index contributed by atoms with van der Waals surface area (Å²) in [6.45, 7) is 23.3. The summed E-state index contributed by atoms with van der Waals surface area (Å²) < 4.78 is 5.67. The van der Waals surface area contributed by atoms with E-state index in [0.717, 1.165) is 37.4 Å². The molecule has 0 bridgehead atoms. The zero-order valence-corrected chi connectivity index (χ0v) is 30.7. The van der Waals surface area contributed by atoms with Crippen molar-refractivity contribution in [1.82, 2.24) is 5.32 Å². The molecule has 0 aromatic heterocycles. The van der Waals surface area contributed by atoms with Gasteiger partial charge in [0.1, 0.15) is 0 Å². The summed E-state index contributed by atoms with van der Waals surface area (Å²) in [6, 6.07) is 0. The predicted octanol–water partition coefficient (Wildman–Crippen LogP) is 10.1. The molecule has 47 heavy (non-hydrogen) atoms. The number of fused-ring (bicyclic) bond motifs is 7. The Morgan fingerprint density at radius 2 is 1.66 bits per heavy atom. The van der Waals surface area contributed by atoms with Gasteiger partial charge in [0.2, 0.25) is 0 Å². The van der Waals surface area contributed by atoms with E-state index in [1.807, 2.05) is 6.08 Å². The van der Waals surface area contributed by atoms with Gasteiger partial charge in [0.25, 0.3) is 0 Å². The van der Waals surface area contributed by atoms with Gasteiger partial charge in [-0.15, -0.1) is 0 Å². The van der Waals surface area contributed by atoms with Gasteiger partial charge in [-0.1, -0.05) is 65.0 Å². The molecule has 0 radical (unpaired) electrons. The van der Waals surface area contributed by atoms with Crippen LogP contribution in [-0.2, 0) is 9.53 Å². The molecule has 7 aliphatic rings. The van der Waals surface area contributed by atoms with Gasteiger partial charge < -0.3 is 15.2 Å². The summed E-state index contributed by atoms with van der Waals surface area (Å²) in [5.74, 6) is 3.59.